The van der Waals surface area contributed by atoms with Crippen LogP contribution in [0, 0.1) is 11.3 Å². The van der Waals surface area contributed by atoms with Crippen molar-refractivity contribution in [2.45, 2.75) is 40.2 Å². The van der Waals surface area contributed by atoms with E-state index in [-0.39, 0.29) is 5.76 Å². The minimum absolute atomic E-state index is 0.0274. The van der Waals surface area contributed by atoms with E-state index in [1.807, 2.05) is 0 Å². The Kier molecular flexibility index (Phi) is 3.99. The van der Waals surface area contributed by atoms with Gasteiger partial charge in [0.25, 0.3) is 0 Å². The van der Waals surface area contributed by atoms with E-state index in [1.165, 1.54) is 18.9 Å². The maximum absolute atomic E-state index is 10.8. The van der Waals surface area contributed by atoms with Crippen LogP contribution in [0.15, 0.2) is 16.5 Å². The van der Waals surface area contributed by atoms with Crippen molar-refractivity contribution in [3.63, 3.8) is 0 Å². The molecule has 0 aliphatic carbocycles. The summed E-state index contributed by atoms with van der Waals surface area (Å²) in [5.41, 5.74) is 0.382. The zero-order valence-corrected chi connectivity index (χ0v) is 12.0. The maximum Gasteiger partial charge on any atom is 0.371 e. The molecule has 19 heavy (non-hydrogen) atoms. The van der Waals surface area contributed by atoms with E-state index in [2.05, 4.69) is 25.7 Å². The lowest BCUT2D eigenvalue weighted by Gasteiger charge is -2.38. The van der Waals surface area contributed by atoms with Crippen LogP contribution in [0.2, 0.25) is 0 Å². The minimum Gasteiger partial charge on any atom is -0.475 e. The Balaban J connectivity index is 1.87. The van der Waals surface area contributed by atoms with Crippen LogP contribution in [0.5, 0.6) is 0 Å². The quantitative estimate of drug-likeness (QED) is 0.911. The molecule has 1 aromatic heterocycles. The molecule has 1 aromatic rings. The Bertz CT molecular complexity index is 436. The van der Waals surface area contributed by atoms with Crippen molar-refractivity contribution in [3.05, 3.63) is 23.7 Å². The monoisotopic (exact) mass is 265 g/mol. The second-order valence-electron chi connectivity index (χ2n) is 6.49. The molecule has 0 atom stereocenters. The van der Waals surface area contributed by atoms with Gasteiger partial charge in [-0.15, -0.1) is 0 Å². The highest BCUT2D eigenvalue weighted by Gasteiger charge is 2.28. The van der Waals surface area contributed by atoms with Gasteiger partial charge in [-0.3, -0.25) is 4.90 Å². The topological polar surface area (TPSA) is 53.7 Å². The molecular formula is C15H23NO3. The first-order valence-corrected chi connectivity index (χ1v) is 6.90. The van der Waals surface area contributed by atoms with E-state index in [9.17, 15) is 4.79 Å². The van der Waals surface area contributed by atoms with Crippen LogP contribution < -0.4 is 0 Å². The third-order valence-electron chi connectivity index (χ3n) is 4.06. The van der Waals surface area contributed by atoms with Crippen LogP contribution in [0.3, 0.4) is 0 Å². The van der Waals surface area contributed by atoms with Gasteiger partial charge in [0.15, 0.2) is 0 Å². The van der Waals surface area contributed by atoms with Gasteiger partial charge in [0.1, 0.15) is 5.76 Å². The fraction of sp³-hybridized carbons (Fsp3) is 0.667. The number of likely N-dealkylation sites (tertiary alicyclic amines) is 1. The summed E-state index contributed by atoms with van der Waals surface area (Å²) in [4.78, 5) is 13.1. The lowest BCUT2D eigenvalue weighted by molar-refractivity contribution is 0.0654. The Morgan fingerprint density at radius 2 is 2.00 bits per heavy atom. The second-order valence-corrected chi connectivity index (χ2v) is 6.49. The first kappa shape index (κ1) is 14.1. The summed E-state index contributed by atoms with van der Waals surface area (Å²) in [6, 6.07) is 3.29. The van der Waals surface area contributed by atoms with Crippen molar-refractivity contribution in [3.8, 4) is 0 Å². The maximum atomic E-state index is 10.8. The predicted molar refractivity (Wildman–Crippen MR) is 73.1 cm³/mol. The molecule has 0 saturated carbocycles. The zero-order chi connectivity index (χ0) is 14.0. The molecule has 1 aliphatic rings. The number of piperidine rings is 1. The summed E-state index contributed by atoms with van der Waals surface area (Å²) in [7, 11) is 0. The van der Waals surface area contributed by atoms with Crippen LogP contribution in [-0.2, 0) is 6.54 Å². The highest BCUT2D eigenvalue weighted by Crippen LogP contribution is 2.34. The number of hydrogen-bond donors (Lipinski definition) is 1. The Labute approximate surface area is 114 Å². The van der Waals surface area contributed by atoms with Crippen LogP contribution in [0.4, 0.5) is 0 Å². The van der Waals surface area contributed by atoms with Crippen LogP contribution >= 0.6 is 0 Å². The van der Waals surface area contributed by atoms with Gasteiger partial charge in [-0.2, -0.15) is 0 Å². The molecule has 0 spiro atoms. The average Bonchev–Trinajstić information content (AvgIpc) is 2.77. The van der Waals surface area contributed by atoms with Gasteiger partial charge in [0.05, 0.1) is 6.54 Å². The second kappa shape index (κ2) is 5.37. The van der Waals surface area contributed by atoms with Gasteiger partial charge >= 0.3 is 5.97 Å². The molecule has 0 amide bonds. The van der Waals surface area contributed by atoms with Crippen molar-refractivity contribution in [1.29, 1.82) is 0 Å². The summed E-state index contributed by atoms with van der Waals surface area (Å²) in [5, 5.41) is 8.82. The number of aromatic carboxylic acids is 1. The van der Waals surface area contributed by atoms with Crippen LogP contribution in [-0.4, -0.2) is 29.1 Å². The van der Waals surface area contributed by atoms with Crippen molar-refractivity contribution < 1.29 is 14.3 Å². The lowest BCUT2D eigenvalue weighted by atomic mass is 9.75. The molecule has 1 N–H and O–H groups in total. The number of hydrogen-bond acceptors (Lipinski definition) is 3. The number of carboxylic acid groups (broad SMARTS) is 1. The Morgan fingerprint density at radius 1 is 1.37 bits per heavy atom. The molecule has 0 aromatic carbocycles. The van der Waals surface area contributed by atoms with Crippen LogP contribution in [0.1, 0.15) is 49.9 Å². The molecule has 2 rings (SSSR count). The summed E-state index contributed by atoms with van der Waals surface area (Å²) in [6.07, 6.45) is 2.41. The Hall–Kier alpha value is -1.29. The molecule has 4 nitrogen and oxygen atoms in total. The largest absolute Gasteiger partial charge is 0.475 e. The summed E-state index contributed by atoms with van der Waals surface area (Å²) in [5.74, 6) is 0.541. The molecule has 1 fully saturated rings. The van der Waals surface area contributed by atoms with E-state index in [1.54, 1.807) is 6.07 Å². The van der Waals surface area contributed by atoms with Gasteiger partial charge in [-0.25, -0.2) is 4.79 Å². The van der Waals surface area contributed by atoms with Crippen molar-refractivity contribution in [2.75, 3.05) is 13.1 Å². The van der Waals surface area contributed by atoms with E-state index >= 15 is 0 Å². The third-order valence-corrected chi connectivity index (χ3v) is 4.06. The number of furan rings is 1. The fourth-order valence-corrected chi connectivity index (χ4v) is 2.76. The van der Waals surface area contributed by atoms with Crippen molar-refractivity contribution in [2.24, 2.45) is 11.3 Å². The third kappa shape index (κ3) is 3.60. The summed E-state index contributed by atoms with van der Waals surface area (Å²) < 4.78 is 5.30. The first-order valence-electron chi connectivity index (χ1n) is 6.90. The standard InChI is InChI=1S/C15H23NO3/c1-15(2,3)11-6-8-16(9-7-11)10-12-4-5-13(19-12)14(17)18/h4-5,11H,6-10H2,1-3H3,(H,17,18). The molecule has 0 radical (unpaired) electrons. The molecule has 0 bridgehead atoms. The SMILES string of the molecule is CC(C)(C)C1CCN(Cc2ccc(C(=O)O)o2)CC1. The summed E-state index contributed by atoms with van der Waals surface area (Å²) >= 11 is 0. The van der Waals surface area contributed by atoms with Crippen molar-refractivity contribution >= 4 is 5.97 Å². The van der Waals surface area contributed by atoms with Gasteiger partial charge in [-0.05, 0) is 49.4 Å². The predicted octanol–water partition coefficient (Wildman–Crippen LogP) is 3.24. The minimum atomic E-state index is -1.00. The average molecular weight is 265 g/mol. The smallest absolute Gasteiger partial charge is 0.371 e. The van der Waals surface area contributed by atoms with E-state index < -0.39 is 5.97 Å². The van der Waals surface area contributed by atoms with E-state index in [0.29, 0.717) is 12.0 Å². The molecule has 4 heteroatoms. The van der Waals surface area contributed by atoms with Crippen LogP contribution in [0.25, 0.3) is 0 Å². The number of nitrogens with zero attached hydrogens (tertiary/aromatic N) is 1. The number of carboxylic acids is 1. The zero-order valence-electron chi connectivity index (χ0n) is 12.0. The number of carbonyl (C=O) groups is 1. The molecule has 0 unspecified atom stereocenters. The molecular weight excluding hydrogens is 242 g/mol. The Morgan fingerprint density at radius 3 is 2.47 bits per heavy atom. The van der Waals surface area contributed by atoms with Gasteiger partial charge in [-0.1, -0.05) is 20.8 Å². The highest BCUT2D eigenvalue weighted by molar-refractivity contribution is 5.84. The molecule has 2 heterocycles. The van der Waals surface area contributed by atoms with E-state index in [4.69, 9.17) is 9.52 Å². The van der Waals surface area contributed by atoms with Crippen molar-refractivity contribution in [1.82, 2.24) is 4.90 Å². The normalized spacial score (nSPS) is 18.7. The molecule has 1 aliphatic heterocycles. The van der Waals surface area contributed by atoms with Gasteiger partial charge in [0, 0.05) is 0 Å². The van der Waals surface area contributed by atoms with Gasteiger partial charge < -0.3 is 9.52 Å². The first-order chi connectivity index (χ1) is 8.86. The van der Waals surface area contributed by atoms with Gasteiger partial charge in [0.2, 0.25) is 5.76 Å². The highest BCUT2D eigenvalue weighted by atomic mass is 16.4. The number of rotatable bonds is 3. The molecule has 1 saturated heterocycles. The van der Waals surface area contributed by atoms with E-state index in [0.717, 1.165) is 24.8 Å². The summed E-state index contributed by atoms with van der Waals surface area (Å²) in [6.45, 7) is 9.75. The fourth-order valence-electron chi connectivity index (χ4n) is 2.76. The lowest BCUT2D eigenvalue weighted by Crippen LogP contribution is -2.37. The molecule has 106 valence electrons.